The molecule has 2 aromatic carbocycles. The largest absolute Gasteiger partial charge is 0.493 e. The number of benzene rings is 2. The van der Waals surface area contributed by atoms with Crippen LogP contribution in [-0.2, 0) is 14.3 Å². The summed E-state index contributed by atoms with van der Waals surface area (Å²) < 4.78 is 16.3. The highest BCUT2D eigenvalue weighted by molar-refractivity contribution is 5.98. The molecule has 1 aromatic heterocycles. The molecule has 0 saturated carbocycles. The van der Waals surface area contributed by atoms with E-state index in [-0.39, 0.29) is 23.1 Å². The monoisotopic (exact) mass is 532 g/mol. The van der Waals surface area contributed by atoms with Gasteiger partial charge in [-0.2, -0.15) is 0 Å². The Kier molecular flexibility index (Phi) is 9.46. The van der Waals surface area contributed by atoms with E-state index in [0.29, 0.717) is 0 Å². The minimum absolute atomic E-state index is 0.122. The van der Waals surface area contributed by atoms with Crippen LogP contribution in [-0.4, -0.2) is 42.1 Å². The van der Waals surface area contributed by atoms with Gasteiger partial charge >= 0.3 is 11.9 Å². The topological polar surface area (TPSA) is 104 Å². The van der Waals surface area contributed by atoms with Crippen LogP contribution in [0, 0.1) is 27.7 Å². The average molecular weight is 533 g/mol. The summed E-state index contributed by atoms with van der Waals surface area (Å²) >= 11 is 0. The molecule has 1 N–H and O–H groups in total. The van der Waals surface area contributed by atoms with E-state index >= 15 is 0 Å². The van der Waals surface area contributed by atoms with E-state index in [0.717, 1.165) is 33.4 Å². The van der Waals surface area contributed by atoms with Gasteiger partial charge in [-0.15, -0.1) is 0 Å². The number of hydrogen-bond donors (Lipinski definition) is 1. The molecule has 39 heavy (non-hydrogen) atoms. The fourth-order valence-electron chi connectivity index (χ4n) is 4.70. The van der Waals surface area contributed by atoms with E-state index in [9.17, 15) is 14.4 Å². The van der Waals surface area contributed by atoms with E-state index in [1.807, 2.05) is 20.8 Å². The number of carbonyl (C=O) groups excluding carboxylic acids is 3. The summed E-state index contributed by atoms with van der Waals surface area (Å²) in [5.74, 6) is -2.12. The van der Waals surface area contributed by atoms with Crippen LogP contribution in [0.4, 0.5) is 0 Å². The summed E-state index contributed by atoms with van der Waals surface area (Å²) in [4.78, 5) is 41.8. The lowest BCUT2D eigenvalue weighted by molar-refractivity contribution is -0.150. The summed E-state index contributed by atoms with van der Waals surface area (Å²) in [5, 5.41) is 2.60. The quantitative estimate of drug-likeness (QED) is 0.381. The standard InChI is InChI=1S/C31H36N2O6/c1-17-9-11-24(19(3)15-17)27(25-12-10-18(2)16-20(25)4)22(6)38-31(36)21(5)33-30(35)28-29(39-23(7)34)26(37-8)13-14-32-28/h9-16,21-22,27H,1-8H3,(H,33,35)/t21-,22-/m0/s1. The molecule has 3 rings (SSSR count). The highest BCUT2D eigenvalue weighted by Crippen LogP contribution is 2.35. The van der Waals surface area contributed by atoms with Crippen LogP contribution in [0.25, 0.3) is 0 Å². The highest BCUT2D eigenvalue weighted by atomic mass is 16.6. The number of hydrogen-bond acceptors (Lipinski definition) is 7. The Labute approximate surface area is 229 Å². The van der Waals surface area contributed by atoms with Crippen LogP contribution >= 0.6 is 0 Å². The lowest BCUT2D eigenvalue weighted by atomic mass is 9.82. The maximum absolute atomic E-state index is 13.2. The molecular weight excluding hydrogens is 496 g/mol. The number of nitrogens with one attached hydrogen (secondary N) is 1. The average Bonchev–Trinajstić information content (AvgIpc) is 2.86. The molecule has 0 aliphatic rings. The number of aryl methyl sites for hydroxylation is 4. The molecule has 1 heterocycles. The van der Waals surface area contributed by atoms with Gasteiger partial charge in [0.15, 0.2) is 11.4 Å². The summed E-state index contributed by atoms with van der Waals surface area (Å²) in [6.07, 6.45) is 0.815. The molecule has 8 heteroatoms. The predicted molar refractivity (Wildman–Crippen MR) is 148 cm³/mol. The summed E-state index contributed by atoms with van der Waals surface area (Å²) in [5.41, 5.74) is 6.46. The summed E-state index contributed by atoms with van der Waals surface area (Å²) in [6.45, 7) is 12.8. The highest BCUT2D eigenvalue weighted by Gasteiger charge is 2.30. The molecule has 0 radical (unpaired) electrons. The fourth-order valence-corrected chi connectivity index (χ4v) is 4.70. The molecule has 0 fully saturated rings. The minimum Gasteiger partial charge on any atom is -0.493 e. The molecule has 0 bridgehead atoms. The summed E-state index contributed by atoms with van der Waals surface area (Å²) in [7, 11) is 1.38. The first-order valence-corrected chi connectivity index (χ1v) is 12.8. The first-order valence-electron chi connectivity index (χ1n) is 12.8. The number of ether oxygens (including phenoxy) is 3. The molecule has 0 saturated heterocycles. The van der Waals surface area contributed by atoms with Crippen LogP contribution in [0.3, 0.4) is 0 Å². The van der Waals surface area contributed by atoms with Crippen LogP contribution in [0.1, 0.15) is 70.6 Å². The first kappa shape index (κ1) is 29.4. The second kappa shape index (κ2) is 12.6. The third-order valence-corrected chi connectivity index (χ3v) is 6.54. The van der Waals surface area contributed by atoms with E-state index in [1.165, 1.54) is 33.2 Å². The molecule has 0 unspecified atom stereocenters. The van der Waals surface area contributed by atoms with Gasteiger partial charge < -0.3 is 19.5 Å². The third-order valence-electron chi connectivity index (χ3n) is 6.54. The van der Waals surface area contributed by atoms with Gasteiger partial charge in [-0.25, -0.2) is 9.78 Å². The fraction of sp³-hybridized carbons (Fsp3) is 0.355. The van der Waals surface area contributed by atoms with E-state index in [2.05, 4.69) is 60.5 Å². The smallest absolute Gasteiger partial charge is 0.328 e. The van der Waals surface area contributed by atoms with Crippen molar-refractivity contribution in [2.24, 2.45) is 0 Å². The van der Waals surface area contributed by atoms with Crippen LogP contribution < -0.4 is 14.8 Å². The lowest BCUT2D eigenvalue weighted by Gasteiger charge is -2.29. The third kappa shape index (κ3) is 7.02. The van der Waals surface area contributed by atoms with E-state index in [1.54, 1.807) is 0 Å². The molecule has 0 aliphatic carbocycles. The van der Waals surface area contributed by atoms with Crippen molar-refractivity contribution in [3.05, 3.63) is 87.7 Å². The zero-order valence-corrected chi connectivity index (χ0v) is 23.7. The Morgan fingerprint density at radius 3 is 1.92 bits per heavy atom. The number of methoxy groups -OCH3 is 1. The van der Waals surface area contributed by atoms with Gasteiger partial charge in [-0.05, 0) is 63.8 Å². The molecular formula is C31H36N2O6. The van der Waals surface area contributed by atoms with Crippen molar-refractivity contribution in [3.8, 4) is 11.5 Å². The number of amides is 1. The van der Waals surface area contributed by atoms with Crippen molar-refractivity contribution in [3.63, 3.8) is 0 Å². The molecule has 0 spiro atoms. The molecule has 206 valence electrons. The Bertz CT molecular complexity index is 1330. The molecule has 1 amide bonds. The number of pyridine rings is 1. The Morgan fingerprint density at radius 2 is 1.44 bits per heavy atom. The maximum Gasteiger partial charge on any atom is 0.328 e. The van der Waals surface area contributed by atoms with Crippen molar-refractivity contribution in [1.29, 1.82) is 0 Å². The molecule has 0 aliphatic heterocycles. The van der Waals surface area contributed by atoms with Gasteiger partial charge in [-0.3, -0.25) is 9.59 Å². The zero-order valence-electron chi connectivity index (χ0n) is 23.7. The number of nitrogens with zero attached hydrogens (tertiary/aromatic N) is 1. The number of rotatable bonds is 9. The van der Waals surface area contributed by atoms with E-state index in [4.69, 9.17) is 14.2 Å². The van der Waals surface area contributed by atoms with Crippen molar-refractivity contribution in [2.45, 2.75) is 66.5 Å². The molecule has 8 nitrogen and oxygen atoms in total. The predicted octanol–water partition coefficient (Wildman–Crippen LogP) is 5.13. The second-order valence-corrected chi connectivity index (χ2v) is 9.82. The van der Waals surface area contributed by atoms with Gasteiger partial charge in [0.1, 0.15) is 12.1 Å². The van der Waals surface area contributed by atoms with E-state index < -0.39 is 30.0 Å². The van der Waals surface area contributed by atoms with Crippen molar-refractivity contribution in [1.82, 2.24) is 10.3 Å². The van der Waals surface area contributed by atoms with Gasteiger partial charge in [0, 0.05) is 25.1 Å². The number of esters is 2. The van der Waals surface area contributed by atoms with Gasteiger partial charge in [0.05, 0.1) is 7.11 Å². The van der Waals surface area contributed by atoms with Crippen LogP contribution in [0.2, 0.25) is 0 Å². The SMILES string of the molecule is COc1ccnc(C(=O)N[C@@H](C)C(=O)O[C@@H](C)C(c2ccc(C)cc2C)c2ccc(C)cc2C)c1OC(C)=O. The van der Waals surface area contributed by atoms with Crippen molar-refractivity contribution >= 4 is 17.8 Å². The Balaban J connectivity index is 1.85. The minimum atomic E-state index is -1.00. The van der Waals surface area contributed by atoms with Gasteiger partial charge in [0.25, 0.3) is 5.91 Å². The molecule has 2 atom stereocenters. The normalized spacial score (nSPS) is 12.4. The lowest BCUT2D eigenvalue weighted by Crippen LogP contribution is -2.42. The number of aromatic nitrogens is 1. The second-order valence-electron chi connectivity index (χ2n) is 9.82. The van der Waals surface area contributed by atoms with Gasteiger partial charge in [-0.1, -0.05) is 47.5 Å². The Morgan fingerprint density at radius 1 is 0.872 bits per heavy atom. The summed E-state index contributed by atoms with van der Waals surface area (Å²) in [6, 6.07) is 13.0. The van der Waals surface area contributed by atoms with Crippen molar-refractivity contribution < 1.29 is 28.6 Å². The first-order chi connectivity index (χ1) is 18.4. The maximum atomic E-state index is 13.2. The van der Waals surface area contributed by atoms with Gasteiger partial charge in [0.2, 0.25) is 5.75 Å². The zero-order chi connectivity index (χ0) is 28.9. The molecule has 3 aromatic rings. The Hall–Kier alpha value is -4.20. The van der Waals surface area contributed by atoms with Crippen LogP contribution in [0.15, 0.2) is 48.7 Å². The van der Waals surface area contributed by atoms with Crippen molar-refractivity contribution in [2.75, 3.05) is 7.11 Å². The van der Waals surface area contributed by atoms with Crippen LogP contribution in [0.5, 0.6) is 11.5 Å². The number of carbonyl (C=O) groups is 3.